The van der Waals surface area contributed by atoms with Gasteiger partial charge in [0, 0.05) is 6.42 Å². The largest absolute Gasteiger partial charge is 0.490 e. The van der Waals surface area contributed by atoms with E-state index in [9.17, 15) is 9.59 Å². The molecule has 1 heterocycles. The third-order valence-corrected chi connectivity index (χ3v) is 4.46. The molecule has 1 atom stereocenters. The SMILES string of the molecule is CCOc1c(Cl)cccc1NC(=O)C1=NN(c2ccccc2)C(C(C)=O)C1. The Bertz CT molecular complexity index is 883. The van der Waals surface area contributed by atoms with Crippen LogP contribution in [0.15, 0.2) is 53.6 Å². The highest BCUT2D eigenvalue weighted by molar-refractivity contribution is 6.44. The minimum absolute atomic E-state index is 0.0526. The van der Waals surface area contributed by atoms with Gasteiger partial charge in [-0.05, 0) is 38.1 Å². The van der Waals surface area contributed by atoms with Crippen LogP contribution >= 0.6 is 11.6 Å². The molecule has 0 radical (unpaired) electrons. The van der Waals surface area contributed by atoms with Gasteiger partial charge < -0.3 is 10.1 Å². The number of rotatable bonds is 6. The molecule has 0 saturated heterocycles. The van der Waals surface area contributed by atoms with Gasteiger partial charge >= 0.3 is 0 Å². The molecule has 0 spiro atoms. The first kappa shape index (κ1) is 18.9. The Hall–Kier alpha value is -2.86. The third-order valence-electron chi connectivity index (χ3n) is 4.17. The van der Waals surface area contributed by atoms with Gasteiger partial charge in [0.1, 0.15) is 11.8 Å². The van der Waals surface area contributed by atoms with E-state index in [1.54, 1.807) is 23.2 Å². The van der Waals surface area contributed by atoms with Gasteiger partial charge in [-0.1, -0.05) is 35.9 Å². The van der Waals surface area contributed by atoms with Gasteiger partial charge in [0.2, 0.25) is 0 Å². The summed E-state index contributed by atoms with van der Waals surface area (Å²) in [6.07, 6.45) is 0.237. The van der Waals surface area contributed by atoms with E-state index in [0.717, 1.165) is 5.69 Å². The molecular formula is C20H20ClN3O3. The van der Waals surface area contributed by atoms with Crippen LogP contribution in [0.4, 0.5) is 11.4 Å². The lowest BCUT2D eigenvalue weighted by Crippen LogP contribution is -2.33. The Morgan fingerprint density at radius 1 is 1.22 bits per heavy atom. The molecule has 6 nitrogen and oxygen atoms in total. The van der Waals surface area contributed by atoms with Crippen molar-refractivity contribution in [2.45, 2.75) is 26.3 Å². The number of hydrazone groups is 1. The second kappa shape index (κ2) is 8.22. The van der Waals surface area contributed by atoms with Crippen LogP contribution in [-0.2, 0) is 9.59 Å². The highest BCUT2D eigenvalue weighted by Gasteiger charge is 2.34. The van der Waals surface area contributed by atoms with Crippen molar-refractivity contribution in [1.82, 2.24) is 0 Å². The van der Waals surface area contributed by atoms with Gasteiger partial charge in [-0.25, -0.2) is 0 Å². The lowest BCUT2D eigenvalue weighted by molar-refractivity contribution is -0.118. The molecule has 140 valence electrons. The van der Waals surface area contributed by atoms with E-state index >= 15 is 0 Å². The second-order valence-corrected chi connectivity index (χ2v) is 6.47. The molecule has 1 N–H and O–H groups in total. The molecule has 1 aliphatic rings. The van der Waals surface area contributed by atoms with Crippen LogP contribution in [0, 0.1) is 0 Å². The van der Waals surface area contributed by atoms with Crippen molar-refractivity contribution >= 4 is 40.4 Å². The number of para-hydroxylation sites is 2. The van der Waals surface area contributed by atoms with E-state index in [4.69, 9.17) is 16.3 Å². The zero-order chi connectivity index (χ0) is 19.4. The van der Waals surface area contributed by atoms with E-state index in [2.05, 4.69) is 10.4 Å². The molecule has 27 heavy (non-hydrogen) atoms. The van der Waals surface area contributed by atoms with Crippen LogP contribution in [0.3, 0.4) is 0 Å². The number of benzene rings is 2. The average Bonchev–Trinajstić information content (AvgIpc) is 3.11. The summed E-state index contributed by atoms with van der Waals surface area (Å²) in [6.45, 7) is 3.76. The zero-order valence-electron chi connectivity index (χ0n) is 15.1. The van der Waals surface area contributed by atoms with Gasteiger partial charge in [-0.3, -0.25) is 14.6 Å². The molecule has 3 rings (SSSR count). The highest BCUT2D eigenvalue weighted by atomic mass is 35.5. The molecule has 0 bridgehead atoms. The molecule has 0 fully saturated rings. The number of nitrogens with one attached hydrogen (secondary N) is 1. The van der Waals surface area contributed by atoms with Crippen LogP contribution in [-0.4, -0.2) is 30.1 Å². The molecule has 1 unspecified atom stereocenters. The third kappa shape index (κ3) is 4.11. The van der Waals surface area contributed by atoms with Gasteiger partial charge in [-0.15, -0.1) is 0 Å². The predicted octanol–water partition coefficient (Wildman–Crippen LogP) is 3.90. The molecule has 0 aliphatic carbocycles. The van der Waals surface area contributed by atoms with Crippen LogP contribution in [0.2, 0.25) is 5.02 Å². The van der Waals surface area contributed by atoms with Crippen molar-refractivity contribution in [3.8, 4) is 5.75 Å². The number of hydrogen-bond acceptors (Lipinski definition) is 5. The van der Waals surface area contributed by atoms with Gasteiger partial charge in [0.25, 0.3) is 5.91 Å². The first-order valence-corrected chi connectivity index (χ1v) is 9.04. The molecule has 1 aliphatic heterocycles. The van der Waals surface area contributed by atoms with Gasteiger partial charge in [-0.2, -0.15) is 5.10 Å². The van der Waals surface area contributed by atoms with Crippen LogP contribution < -0.4 is 15.1 Å². The summed E-state index contributed by atoms with van der Waals surface area (Å²) in [6, 6.07) is 13.9. The smallest absolute Gasteiger partial charge is 0.272 e. The van der Waals surface area contributed by atoms with E-state index in [1.165, 1.54) is 6.92 Å². The van der Waals surface area contributed by atoms with E-state index in [-0.39, 0.29) is 23.8 Å². The van der Waals surface area contributed by atoms with Crippen molar-refractivity contribution in [3.05, 3.63) is 53.6 Å². The molecular weight excluding hydrogens is 366 g/mol. The first-order valence-electron chi connectivity index (χ1n) is 8.66. The minimum atomic E-state index is -0.501. The lowest BCUT2D eigenvalue weighted by atomic mass is 10.1. The maximum absolute atomic E-state index is 12.7. The summed E-state index contributed by atoms with van der Waals surface area (Å²) in [5.74, 6) is -0.0253. The normalized spacial score (nSPS) is 16.0. The average molecular weight is 386 g/mol. The maximum Gasteiger partial charge on any atom is 0.272 e. The Balaban J connectivity index is 1.85. The summed E-state index contributed by atoms with van der Waals surface area (Å²) in [4.78, 5) is 24.8. The second-order valence-electron chi connectivity index (χ2n) is 6.06. The van der Waals surface area contributed by atoms with Crippen LogP contribution in [0.1, 0.15) is 20.3 Å². The fourth-order valence-corrected chi connectivity index (χ4v) is 3.10. The quantitative estimate of drug-likeness (QED) is 0.818. The molecule has 7 heteroatoms. The van der Waals surface area contributed by atoms with E-state index < -0.39 is 6.04 Å². The predicted molar refractivity (Wildman–Crippen MR) is 107 cm³/mol. The Labute approximate surface area is 162 Å². The van der Waals surface area contributed by atoms with Crippen LogP contribution in [0.5, 0.6) is 5.75 Å². The number of halogens is 1. The van der Waals surface area contributed by atoms with Crippen molar-refractivity contribution in [1.29, 1.82) is 0 Å². The number of amides is 1. The fourth-order valence-electron chi connectivity index (χ4n) is 2.88. The van der Waals surface area contributed by atoms with Crippen molar-refractivity contribution in [3.63, 3.8) is 0 Å². The summed E-state index contributed by atoms with van der Waals surface area (Å²) >= 11 is 6.16. The van der Waals surface area contributed by atoms with Gasteiger partial charge in [0.15, 0.2) is 11.5 Å². The number of anilines is 2. The molecule has 0 saturated carbocycles. The Kier molecular flexibility index (Phi) is 5.76. The molecule has 0 aromatic heterocycles. The number of nitrogens with zero attached hydrogens (tertiary/aromatic N) is 2. The number of ether oxygens (including phenoxy) is 1. The number of hydrogen-bond donors (Lipinski definition) is 1. The summed E-state index contributed by atoms with van der Waals surface area (Å²) < 4.78 is 5.53. The first-order chi connectivity index (χ1) is 13.0. The zero-order valence-corrected chi connectivity index (χ0v) is 15.9. The molecule has 2 aromatic carbocycles. The number of ketones is 1. The van der Waals surface area contributed by atoms with Gasteiger partial charge in [0.05, 0.1) is 23.0 Å². The molecule has 2 aromatic rings. The lowest BCUT2D eigenvalue weighted by Gasteiger charge is -2.20. The van der Waals surface area contributed by atoms with Crippen molar-refractivity contribution in [2.24, 2.45) is 5.10 Å². The summed E-state index contributed by atoms with van der Waals surface area (Å²) in [5, 5.41) is 9.20. The monoisotopic (exact) mass is 385 g/mol. The molecule has 1 amide bonds. The van der Waals surface area contributed by atoms with Crippen molar-refractivity contribution < 1.29 is 14.3 Å². The minimum Gasteiger partial charge on any atom is -0.490 e. The fraction of sp³-hybridized carbons (Fsp3) is 0.250. The summed E-state index contributed by atoms with van der Waals surface area (Å²) in [7, 11) is 0. The maximum atomic E-state index is 12.7. The number of Topliss-reactive ketones (excluding diaryl/α,β-unsaturated/α-hetero) is 1. The Morgan fingerprint density at radius 2 is 1.96 bits per heavy atom. The van der Waals surface area contributed by atoms with E-state index in [1.807, 2.05) is 37.3 Å². The van der Waals surface area contributed by atoms with Crippen molar-refractivity contribution in [2.75, 3.05) is 16.9 Å². The highest BCUT2D eigenvalue weighted by Crippen LogP contribution is 2.33. The number of carbonyl (C=O) groups is 2. The van der Waals surface area contributed by atoms with E-state index in [0.29, 0.717) is 23.1 Å². The topological polar surface area (TPSA) is 71.0 Å². The Morgan fingerprint density at radius 3 is 2.63 bits per heavy atom. The summed E-state index contributed by atoms with van der Waals surface area (Å²) in [5.41, 5.74) is 1.51. The number of carbonyl (C=O) groups excluding carboxylic acids is 2. The van der Waals surface area contributed by atoms with Crippen LogP contribution in [0.25, 0.3) is 0 Å². The standard InChI is InChI=1S/C20H20ClN3O3/c1-3-27-19-15(21)10-7-11-16(19)22-20(26)17-12-18(13(2)25)24(23-17)14-8-5-4-6-9-14/h4-11,18H,3,12H2,1-2H3,(H,22,26).